The summed E-state index contributed by atoms with van der Waals surface area (Å²) >= 11 is 0. The average molecular weight is 344 g/mol. The van der Waals surface area contributed by atoms with E-state index in [2.05, 4.69) is 40.7 Å². The third-order valence-corrected chi connectivity index (χ3v) is 6.65. The molecule has 0 saturated heterocycles. The molecule has 0 aromatic heterocycles. The molecule has 0 radical (unpaired) electrons. The van der Waals surface area contributed by atoms with Crippen molar-refractivity contribution in [3.63, 3.8) is 0 Å². The van der Waals surface area contributed by atoms with Crippen molar-refractivity contribution in [2.24, 2.45) is 11.3 Å². The molecule has 1 saturated carbocycles. The van der Waals surface area contributed by atoms with Crippen LogP contribution in [-0.2, 0) is 21.4 Å². The summed E-state index contributed by atoms with van der Waals surface area (Å²) in [5, 5.41) is 10.6. The molecule has 3 heteroatoms. The first kappa shape index (κ1) is 18.3. The summed E-state index contributed by atoms with van der Waals surface area (Å²) in [6.07, 6.45) is 4.05. The van der Waals surface area contributed by atoms with Gasteiger partial charge in [0, 0.05) is 19.3 Å². The molecular formula is C22H32O3. The largest absolute Gasteiger partial charge is 0.508 e. The van der Waals surface area contributed by atoms with Crippen LogP contribution in [0.5, 0.6) is 5.75 Å². The Hall–Kier alpha value is -1.51. The Balaban J connectivity index is 2.18. The average Bonchev–Trinajstić information content (AvgIpc) is 2.45. The molecule has 138 valence electrons. The maximum absolute atomic E-state index is 11.8. The molecule has 1 aromatic carbocycles. The number of benzene rings is 1. The normalized spacial score (nSPS) is 30.5. The zero-order chi connectivity index (χ0) is 18.6. The number of hydrogen-bond donors (Lipinski definition) is 1. The van der Waals surface area contributed by atoms with Crippen LogP contribution >= 0.6 is 0 Å². The van der Waals surface area contributed by atoms with Gasteiger partial charge in [0.15, 0.2) is 0 Å². The first-order chi connectivity index (χ1) is 11.6. The summed E-state index contributed by atoms with van der Waals surface area (Å²) in [4.78, 5) is 11.8. The van der Waals surface area contributed by atoms with Crippen LogP contribution in [0.1, 0.15) is 83.4 Å². The molecule has 3 rings (SSSR count). The van der Waals surface area contributed by atoms with Crippen LogP contribution in [0.3, 0.4) is 0 Å². The number of carbonyl (C=O) groups excluding carboxylic acids is 1. The quantitative estimate of drug-likeness (QED) is 0.760. The summed E-state index contributed by atoms with van der Waals surface area (Å²) in [6.45, 7) is 12.6. The fourth-order valence-corrected chi connectivity index (χ4v) is 5.77. The SMILES string of the molecule is CC(=O)OC1Cc2cc(C(C)C)c(O)cc2C2(C)CCCC(C)(C)C12. The zero-order valence-corrected chi connectivity index (χ0v) is 16.5. The smallest absolute Gasteiger partial charge is 0.302 e. The van der Waals surface area contributed by atoms with Crippen molar-refractivity contribution in [3.8, 4) is 5.75 Å². The number of esters is 1. The number of phenols is 1. The van der Waals surface area contributed by atoms with Gasteiger partial charge in [-0.2, -0.15) is 0 Å². The Kier molecular flexibility index (Phi) is 4.41. The van der Waals surface area contributed by atoms with E-state index < -0.39 is 0 Å². The minimum absolute atomic E-state index is 0.0670. The summed E-state index contributed by atoms with van der Waals surface area (Å²) < 4.78 is 5.85. The molecule has 25 heavy (non-hydrogen) atoms. The van der Waals surface area contributed by atoms with E-state index in [1.165, 1.54) is 24.5 Å². The van der Waals surface area contributed by atoms with Gasteiger partial charge >= 0.3 is 5.97 Å². The number of ether oxygens (including phenoxy) is 1. The van der Waals surface area contributed by atoms with Crippen LogP contribution in [0.25, 0.3) is 0 Å². The monoisotopic (exact) mass is 344 g/mol. The van der Waals surface area contributed by atoms with Gasteiger partial charge in [0.1, 0.15) is 11.9 Å². The summed E-state index contributed by atoms with van der Waals surface area (Å²) in [5.74, 6) is 0.753. The molecule has 1 aromatic rings. The van der Waals surface area contributed by atoms with Gasteiger partial charge in [-0.25, -0.2) is 0 Å². The number of fused-ring (bicyclic) bond motifs is 3. The van der Waals surface area contributed by atoms with Crippen molar-refractivity contribution in [2.45, 2.75) is 84.7 Å². The van der Waals surface area contributed by atoms with E-state index in [1.54, 1.807) is 0 Å². The van der Waals surface area contributed by atoms with Crippen LogP contribution in [0.4, 0.5) is 0 Å². The molecule has 2 aliphatic carbocycles. The third kappa shape index (κ3) is 2.96. The second-order valence-electron chi connectivity index (χ2n) is 9.31. The van der Waals surface area contributed by atoms with Crippen LogP contribution in [-0.4, -0.2) is 17.2 Å². The number of hydrogen-bond acceptors (Lipinski definition) is 3. The van der Waals surface area contributed by atoms with E-state index in [0.717, 1.165) is 24.8 Å². The molecule has 1 N–H and O–H groups in total. The summed E-state index contributed by atoms with van der Waals surface area (Å²) in [6, 6.07) is 4.15. The first-order valence-electron chi connectivity index (χ1n) is 9.60. The van der Waals surface area contributed by atoms with Gasteiger partial charge in [0.2, 0.25) is 0 Å². The van der Waals surface area contributed by atoms with E-state index in [1.807, 2.05) is 6.07 Å². The lowest BCUT2D eigenvalue weighted by molar-refractivity contribution is -0.158. The third-order valence-electron chi connectivity index (χ3n) is 6.65. The van der Waals surface area contributed by atoms with Crippen molar-refractivity contribution in [2.75, 3.05) is 0 Å². The lowest BCUT2D eigenvalue weighted by atomic mass is 9.49. The molecule has 3 nitrogen and oxygen atoms in total. The Morgan fingerprint density at radius 2 is 1.92 bits per heavy atom. The maximum Gasteiger partial charge on any atom is 0.302 e. The second-order valence-corrected chi connectivity index (χ2v) is 9.31. The Morgan fingerprint density at radius 1 is 1.24 bits per heavy atom. The Labute approximate surface area is 151 Å². The molecule has 0 heterocycles. The molecular weight excluding hydrogens is 312 g/mol. The maximum atomic E-state index is 11.8. The van der Waals surface area contributed by atoms with Gasteiger partial charge in [0.05, 0.1) is 0 Å². The van der Waals surface area contributed by atoms with Gasteiger partial charge in [-0.15, -0.1) is 0 Å². The van der Waals surface area contributed by atoms with Crippen LogP contribution < -0.4 is 0 Å². The highest BCUT2D eigenvalue weighted by atomic mass is 16.5. The van der Waals surface area contributed by atoms with Crippen molar-refractivity contribution >= 4 is 5.97 Å². The van der Waals surface area contributed by atoms with Crippen molar-refractivity contribution < 1.29 is 14.6 Å². The fraction of sp³-hybridized carbons (Fsp3) is 0.682. The van der Waals surface area contributed by atoms with Gasteiger partial charge in [-0.05, 0) is 52.3 Å². The van der Waals surface area contributed by atoms with Gasteiger partial charge in [-0.3, -0.25) is 4.79 Å². The summed E-state index contributed by atoms with van der Waals surface area (Å²) in [7, 11) is 0. The summed E-state index contributed by atoms with van der Waals surface area (Å²) in [5.41, 5.74) is 3.52. The van der Waals surface area contributed by atoms with E-state index in [0.29, 0.717) is 5.75 Å². The van der Waals surface area contributed by atoms with E-state index in [9.17, 15) is 9.90 Å². The lowest BCUT2D eigenvalue weighted by Gasteiger charge is -2.56. The molecule has 3 atom stereocenters. The second kappa shape index (κ2) is 6.03. The predicted octanol–water partition coefficient (Wildman–Crippen LogP) is 5.09. The van der Waals surface area contributed by atoms with Gasteiger partial charge in [-0.1, -0.05) is 47.1 Å². The highest BCUT2D eigenvalue weighted by molar-refractivity contribution is 5.66. The zero-order valence-electron chi connectivity index (χ0n) is 16.5. The van der Waals surface area contributed by atoms with E-state index in [4.69, 9.17) is 4.74 Å². The highest BCUT2D eigenvalue weighted by Gasteiger charge is 2.55. The van der Waals surface area contributed by atoms with Crippen molar-refractivity contribution in [1.29, 1.82) is 0 Å². The molecule has 0 bridgehead atoms. The van der Waals surface area contributed by atoms with Gasteiger partial charge < -0.3 is 9.84 Å². The minimum atomic E-state index is -0.194. The molecule has 3 unspecified atom stereocenters. The minimum Gasteiger partial charge on any atom is -0.508 e. The molecule has 2 aliphatic rings. The van der Waals surface area contributed by atoms with Gasteiger partial charge in [0.25, 0.3) is 0 Å². The van der Waals surface area contributed by atoms with Crippen molar-refractivity contribution in [1.82, 2.24) is 0 Å². The molecule has 1 fully saturated rings. The number of rotatable bonds is 2. The predicted molar refractivity (Wildman–Crippen MR) is 99.9 cm³/mol. The van der Waals surface area contributed by atoms with E-state index in [-0.39, 0.29) is 34.7 Å². The topological polar surface area (TPSA) is 46.5 Å². The van der Waals surface area contributed by atoms with E-state index >= 15 is 0 Å². The standard InChI is InChI=1S/C22H32O3/c1-13(2)16-10-15-11-19(25-14(3)23)20-21(4,5)8-7-9-22(20,6)17(15)12-18(16)24/h10,12-13,19-20,24H,7-9,11H2,1-6H3. The highest BCUT2D eigenvalue weighted by Crippen LogP contribution is 2.58. The molecule has 0 amide bonds. The Bertz CT molecular complexity index is 689. The van der Waals surface area contributed by atoms with Crippen LogP contribution in [0.2, 0.25) is 0 Å². The molecule has 0 spiro atoms. The number of phenolic OH excluding ortho intramolecular Hbond substituents is 1. The Morgan fingerprint density at radius 3 is 2.52 bits per heavy atom. The first-order valence-corrected chi connectivity index (χ1v) is 9.60. The van der Waals surface area contributed by atoms with Crippen molar-refractivity contribution in [3.05, 3.63) is 28.8 Å². The van der Waals surface area contributed by atoms with Crippen LogP contribution in [0.15, 0.2) is 12.1 Å². The van der Waals surface area contributed by atoms with Crippen LogP contribution in [0, 0.1) is 11.3 Å². The number of aromatic hydroxyl groups is 1. The molecule has 0 aliphatic heterocycles. The lowest BCUT2D eigenvalue weighted by Crippen LogP contribution is -2.55. The fourth-order valence-electron chi connectivity index (χ4n) is 5.77. The number of carbonyl (C=O) groups is 1.